The molecular weight excluding hydrogens is 426 g/mol. The molecule has 0 saturated carbocycles. The Labute approximate surface area is 198 Å². The summed E-state index contributed by atoms with van der Waals surface area (Å²) in [5.74, 6) is 1.49. The molecule has 3 heterocycles. The Balaban J connectivity index is 1.45. The van der Waals surface area contributed by atoms with E-state index in [0.29, 0.717) is 13.1 Å². The van der Waals surface area contributed by atoms with Crippen LogP contribution < -0.4 is 4.74 Å². The van der Waals surface area contributed by atoms with Gasteiger partial charge in [0.25, 0.3) is 0 Å². The number of rotatable bonds is 6. The summed E-state index contributed by atoms with van der Waals surface area (Å²) in [6.45, 7) is 9.31. The first-order valence-corrected chi connectivity index (χ1v) is 11.4. The number of ether oxygens (including phenoxy) is 1. The van der Waals surface area contributed by atoms with E-state index in [1.165, 1.54) is 12.4 Å². The predicted octanol–water partition coefficient (Wildman–Crippen LogP) is 5.10. The van der Waals surface area contributed by atoms with Gasteiger partial charge >= 0.3 is 0 Å². The van der Waals surface area contributed by atoms with Crippen LogP contribution in [0.4, 0.5) is 0 Å². The fourth-order valence-electron chi connectivity index (χ4n) is 4.70. The summed E-state index contributed by atoms with van der Waals surface area (Å²) >= 11 is 0. The second-order valence-corrected chi connectivity index (χ2v) is 9.42. The van der Waals surface area contributed by atoms with Crippen LogP contribution >= 0.6 is 0 Å². The van der Waals surface area contributed by atoms with E-state index in [0.717, 1.165) is 40.2 Å². The number of hydrogen-bond donors (Lipinski definition) is 0. The van der Waals surface area contributed by atoms with E-state index >= 15 is 0 Å². The topological polar surface area (TPSA) is 73.1 Å². The number of para-hydroxylation sites is 1. The van der Waals surface area contributed by atoms with Crippen LogP contribution in [-0.4, -0.2) is 43.1 Å². The van der Waals surface area contributed by atoms with Gasteiger partial charge in [-0.15, -0.1) is 0 Å². The number of carbonyl (C=O) groups excluding carboxylic acids is 1. The van der Waals surface area contributed by atoms with Crippen LogP contribution in [0.5, 0.6) is 11.5 Å². The highest BCUT2D eigenvalue weighted by atomic mass is 16.5. The fourth-order valence-corrected chi connectivity index (χ4v) is 4.70. The van der Waals surface area contributed by atoms with Crippen molar-refractivity contribution in [3.63, 3.8) is 0 Å². The number of nitrogens with zero attached hydrogens (tertiary/aromatic N) is 5. The molecule has 0 spiro atoms. The van der Waals surface area contributed by atoms with Gasteiger partial charge in [0.05, 0.1) is 18.0 Å². The molecule has 5 rings (SSSR count). The fraction of sp³-hybridized carbons (Fsp3) is 0.259. The third kappa shape index (κ3) is 4.29. The monoisotopic (exact) mass is 453 g/mol. The lowest BCUT2D eigenvalue weighted by Gasteiger charge is -2.23. The molecule has 1 aliphatic heterocycles. The number of hydrogen-bond acceptors (Lipinski definition) is 5. The van der Waals surface area contributed by atoms with Crippen molar-refractivity contribution in [2.45, 2.75) is 32.9 Å². The number of carbonyl (C=O) groups is 1. The third-order valence-electron chi connectivity index (χ3n) is 6.19. The maximum atomic E-state index is 12.5. The Morgan fingerprint density at radius 3 is 2.62 bits per heavy atom. The van der Waals surface area contributed by atoms with Crippen LogP contribution in [0.3, 0.4) is 0 Å². The number of aromatic nitrogens is 4. The first kappa shape index (κ1) is 21.8. The molecule has 34 heavy (non-hydrogen) atoms. The summed E-state index contributed by atoms with van der Waals surface area (Å²) in [6, 6.07) is 17.5. The van der Waals surface area contributed by atoms with Crippen molar-refractivity contribution in [3.8, 4) is 22.8 Å². The minimum absolute atomic E-state index is 0.0214. The van der Waals surface area contributed by atoms with Crippen molar-refractivity contribution < 1.29 is 9.53 Å². The Morgan fingerprint density at radius 1 is 1.15 bits per heavy atom. The van der Waals surface area contributed by atoms with Gasteiger partial charge < -0.3 is 9.64 Å². The molecule has 2 aromatic carbocycles. The first-order chi connectivity index (χ1) is 16.4. The molecular formula is C27H27N5O2. The van der Waals surface area contributed by atoms with Crippen LogP contribution in [0.25, 0.3) is 22.3 Å². The van der Waals surface area contributed by atoms with Crippen molar-refractivity contribution in [2.24, 2.45) is 5.41 Å². The van der Waals surface area contributed by atoms with Crippen LogP contribution in [0.15, 0.2) is 79.8 Å². The molecule has 1 atom stereocenters. The smallest absolute Gasteiger partial charge is 0.246 e. The summed E-state index contributed by atoms with van der Waals surface area (Å²) < 4.78 is 7.82. The van der Waals surface area contributed by atoms with Crippen molar-refractivity contribution in [1.29, 1.82) is 0 Å². The molecule has 2 aromatic heterocycles. The van der Waals surface area contributed by atoms with Gasteiger partial charge in [-0.2, -0.15) is 5.10 Å². The Bertz CT molecular complexity index is 1330. The molecule has 1 amide bonds. The van der Waals surface area contributed by atoms with E-state index < -0.39 is 0 Å². The van der Waals surface area contributed by atoms with Crippen molar-refractivity contribution in [1.82, 2.24) is 24.6 Å². The van der Waals surface area contributed by atoms with Crippen molar-refractivity contribution in [3.05, 3.63) is 79.8 Å². The first-order valence-electron chi connectivity index (χ1n) is 11.4. The highest BCUT2D eigenvalue weighted by molar-refractivity contribution is 5.90. The Kier molecular flexibility index (Phi) is 5.61. The summed E-state index contributed by atoms with van der Waals surface area (Å²) in [4.78, 5) is 23.1. The summed E-state index contributed by atoms with van der Waals surface area (Å²) in [5.41, 5.74) is 2.55. The Morgan fingerprint density at radius 2 is 1.88 bits per heavy atom. The van der Waals surface area contributed by atoms with E-state index in [2.05, 4.69) is 30.4 Å². The lowest BCUT2D eigenvalue weighted by Crippen LogP contribution is -2.37. The highest BCUT2D eigenvalue weighted by Crippen LogP contribution is 2.36. The van der Waals surface area contributed by atoms with E-state index in [9.17, 15) is 4.79 Å². The van der Waals surface area contributed by atoms with E-state index in [-0.39, 0.29) is 17.4 Å². The maximum absolute atomic E-state index is 12.5. The minimum atomic E-state index is -0.0455. The molecule has 0 radical (unpaired) electrons. The van der Waals surface area contributed by atoms with Gasteiger partial charge in [-0.05, 0) is 54.3 Å². The zero-order valence-electron chi connectivity index (χ0n) is 19.4. The molecule has 1 saturated heterocycles. The van der Waals surface area contributed by atoms with E-state index in [1.807, 2.05) is 64.2 Å². The molecule has 1 unspecified atom stereocenters. The van der Waals surface area contributed by atoms with Crippen LogP contribution in [-0.2, 0) is 11.3 Å². The third-order valence-corrected chi connectivity index (χ3v) is 6.19. The number of amides is 1. The standard InChI is InChI=1S/C27H27N5O2/c1-4-24(33)31-17-27(2,3)14-20(31)16-32-26-23(15-28-18-29-26)25(30-32)19-10-12-22(13-11-19)34-21-8-6-5-7-9-21/h4-13,15,18,20H,1,14,16-17H2,2-3H3. The molecule has 172 valence electrons. The average Bonchev–Trinajstić information content (AvgIpc) is 3.36. The largest absolute Gasteiger partial charge is 0.457 e. The Hall–Kier alpha value is -4.00. The molecule has 7 nitrogen and oxygen atoms in total. The minimum Gasteiger partial charge on any atom is -0.457 e. The van der Waals surface area contributed by atoms with Gasteiger partial charge in [0.1, 0.15) is 23.5 Å². The van der Waals surface area contributed by atoms with E-state index in [1.54, 1.807) is 6.20 Å². The number of benzene rings is 2. The van der Waals surface area contributed by atoms with Crippen molar-refractivity contribution >= 4 is 16.9 Å². The molecule has 4 aromatic rings. The second kappa shape index (κ2) is 8.74. The quantitative estimate of drug-likeness (QED) is 0.380. The lowest BCUT2D eigenvalue weighted by molar-refractivity contribution is -0.127. The highest BCUT2D eigenvalue weighted by Gasteiger charge is 2.39. The number of fused-ring (bicyclic) bond motifs is 1. The summed E-state index contributed by atoms with van der Waals surface area (Å²) in [7, 11) is 0. The zero-order chi connectivity index (χ0) is 23.7. The summed E-state index contributed by atoms with van der Waals surface area (Å²) in [6.07, 6.45) is 5.61. The zero-order valence-corrected chi connectivity index (χ0v) is 19.4. The van der Waals surface area contributed by atoms with Crippen LogP contribution in [0, 0.1) is 5.41 Å². The number of likely N-dealkylation sites (tertiary alicyclic amines) is 1. The van der Waals surface area contributed by atoms with Gasteiger partial charge in [0.2, 0.25) is 5.91 Å². The second-order valence-electron chi connectivity index (χ2n) is 9.42. The maximum Gasteiger partial charge on any atom is 0.246 e. The predicted molar refractivity (Wildman–Crippen MR) is 131 cm³/mol. The molecule has 7 heteroatoms. The van der Waals surface area contributed by atoms with Crippen LogP contribution in [0.1, 0.15) is 20.3 Å². The van der Waals surface area contributed by atoms with Crippen LogP contribution in [0.2, 0.25) is 0 Å². The SMILES string of the molecule is C=CC(=O)N1CC(C)(C)CC1Cn1nc(-c2ccc(Oc3ccccc3)cc2)c2cncnc21. The van der Waals surface area contributed by atoms with Crippen molar-refractivity contribution in [2.75, 3.05) is 6.54 Å². The summed E-state index contributed by atoms with van der Waals surface area (Å²) in [5, 5.41) is 5.79. The molecule has 0 N–H and O–H groups in total. The van der Waals surface area contributed by atoms with E-state index in [4.69, 9.17) is 9.84 Å². The molecule has 1 fully saturated rings. The van der Waals surface area contributed by atoms with Gasteiger partial charge in [-0.3, -0.25) is 4.79 Å². The molecule has 1 aliphatic rings. The van der Waals surface area contributed by atoms with Gasteiger partial charge in [-0.25, -0.2) is 14.6 Å². The normalized spacial score (nSPS) is 17.1. The lowest BCUT2D eigenvalue weighted by atomic mass is 9.91. The molecule has 0 bridgehead atoms. The van der Waals surface area contributed by atoms with Gasteiger partial charge in [0, 0.05) is 18.3 Å². The average molecular weight is 454 g/mol. The van der Waals surface area contributed by atoms with Gasteiger partial charge in [0.15, 0.2) is 5.65 Å². The molecule has 0 aliphatic carbocycles. The van der Waals surface area contributed by atoms with Gasteiger partial charge in [-0.1, -0.05) is 38.6 Å².